The van der Waals surface area contributed by atoms with Crippen molar-refractivity contribution in [1.82, 2.24) is 14.9 Å². The first-order valence-electron chi connectivity index (χ1n) is 12.0. The molecule has 0 radical (unpaired) electrons. The van der Waals surface area contributed by atoms with Crippen molar-refractivity contribution in [1.29, 1.82) is 0 Å². The molecule has 6 nitrogen and oxygen atoms in total. The number of para-hydroxylation sites is 2. The quantitative estimate of drug-likeness (QED) is 0.308. The number of carbonyl (C=O) groups excluding carboxylic acids is 1. The zero-order chi connectivity index (χ0) is 24.8. The number of imidazole rings is 1. The summed E-state index contributed by atoms with van der Waals surface area (Å²) in [5.41, 5.74) is 5.41. The minimum atomic E-state index is -0.228. The Hall–Kier alpha value is -3.80. The normalized spacial score (nSPS) is 11.9. The molecule has 0 aliphatic carbocycles. The van der Waals surface area contributed by atoms with Gasteiger partial charge in [-0.3, -0.25) is 4.79 Å². The molecule has 1 atom stereocenters. The van der Waals surface area contributed by atoms with Gasteiger partial charge in [0, 0.05) is 6.54 Å². The third kappa shape index (κ3) is 6.01. The number of rotatable bonds is 10. The Labute approximate surface area is 206 Å². The van der Waals surface area contributed by atoms with Gasteiger partial charge in [-0.25, -0.2) is 4.98 Å². The first-order valence-corrected chi connectivity index (χ1v) is 12.0. The lowest BCUT2D eigenvalue weighted by molar-refractivity contribution is -0.121. The van der Waals surface area contributed by atoms with Crippen LogP contribution in [0.1, 0.15) is 41.9 Å². The van der Waals surface area contributed by atoms with Gasteiger partial charge in [-0.1, -0.05) is 30.3 Å². The van der Waals surface area contributed by atoms with Gasteiger partial charge in [0.25, 0.3) is 0 Å². The van der Waals surface area contributed by atoms with Crippen molar-refractivity contribution in [3.8, 4) is 11.5 Å². The largest absolute Gasteiger partial charge is 0.497 e. The Bertz CT molecular complexity index is 1290. The van der Waals surface area contributed by atoms with Crippen LogP contribution in [0.4, 0.5) is 0 Å². The third-order valence-electron chi connectivity index (χ3n) is 6.25. The lowest BCUT2D eigenvalue weighted by Gasteiger charge is -2.17. The van der Waals surface area contributed by atoms with E-state index in [1.54, 1.807) is 7.11 Å². The van der Waals surface area contributed by atoms with E-state index in [1.165, 1.54) is 11.1 Å². The van der Waals surface area contributed by atoms with E-state index in [2.05, 4.69) is 41.9 Å². The Morgan fingerprint density at radius 3 is 2.49 bits per heavy atom. The second kappa shape index (κ2) is 11.1. The van der Waals surface area contributed by atoms with Crippen LogP contribution in [0.15, 0.2) is 66.7 Å². The smallest absolute Gasteiger partial charge is 0.224 e. The number of ether oxygens (including phenoxy) is 2. The molecule has 4 rings (SSSR count). The fourth-order valence-corrected chi connectivity index (χ4v) is 4.16. The fraction of sp³-hybridized carbons (Fsp3) is 0.310. The maximum absolute atomic E-state index is 12.7. The van der Waals surface area contributed by atoms with Gasteiger partial charge in [0.15, 0.2) is 0 Å². The Morgan fingerprint density at radius 2 is 1.74 bits per heavy atom. The van der Waals surface area contributed by atoms with Gasteiger partial charge < -0.3 is 19.4 Å². The number of nitrogens with one attached hydrogen (secondary N) is 1. The number of carbonyl (C=O) groups is 1. The molecule has 0 bridgehead atoms. The topological polar surface area (TPSA) is 65.4 Å². The summed E-state index contributed by atoms with van der Waals surface area (Å²) in [6, 6.07) is 21.6. The SMILES string of the molecule is COc1ccc(CC(=O)NC(C)c2nc3ccccc3n2CCCOc2ccc(C)c(C)c2)cc1. The molecule has 0 aliphatic rings. The molecule has 1 amide bonds. The van der Waals surface area contributed by atoms with Crippen molar-refractivity contribution in [3.05, 3.63) is 89.2 Å². The third-order valence-corrected chi connectivity index (χ3v) is 6.25. The molecular weight excluding hydrogens is 438 g/mol. The van der Waals surface area contributed by atoms with Crippen LogP contribution in [0, 0.1) is 13.8 Å². The summed E-state index contributed by atoms with van der Waals surface area (Å²) in [6.45, 7) is 7.53. The highest BCUT2D eigenvalue weighted by atomic mass is 16.5. The molecule has 0 spiro atoms. The molecule has 0 fully saturated rings. The predicted octanol–water partition coefficient (Wildman–Crippen LogP) is 5.55. The highest BCUT2D eigenvalue weighted by Gasteiger charge is 2.18. The zero-order valence-electron chi connectivity index (χ0n) is 20.9. The number of hydrogen-bond donors (Lipinski definition) is 1. The summed E-state index contributed by atoms with van der Waals surface area (Å²) >= 11 is 0. The summed E-state index contributed by atoms with van der Waals surface area (Å²) in [5, 5.41) is 3.12. The predicted molar refractivity (Wildman–Crippen MR) is 139 cm³/mol. The highest BCUT2D eigenvalue weighted by Crippen LogP contribution is 2.22. The molecule has 1 aromatic heterocycles. The van der Waals surface area contributed by atoms with E-state index in [9.17, 15) is 4.79 Å². The van der Waals surface area contributed by atoms with Crippen molar-refractivity contribution in [3.63, 3.8) is 0 Å². The Kier molecular flexibility index (Phi) is 7.70. The summed E-state index contributed by atoms with van der Waals surface area (Å²) in [6.07, 6.45) is 1.13. The van der Waals surface area contributed by atoms with Crippen LogP contribution in [0.5, 0.6) is 11.5 Å². The van der Waals surface area contributed by atoms with E-state index in [0.717, 1.165) is 46.9 Å². The lowest BCUT2D eigenvalue weighted by Crippen LogP contribution is -2.30. The van der Waals surface area contributed by atoms with E-state index in [4.69, 9.17) is 14.5 Å². The lowest BCUT2D eigenvalue weighted by atomic mass is 10.1. The molecule has 6 heteroatoms. The van der Waals surface area contributed by atoms with Crippen LogP contribution >= 0.6 is 0 Å². The number of aryl methyl sites for hydroxylation is 3. The van der Waals surface area contributed by atoms with Crippen LogP contribution < -0.4 is 14.8 Å². The fourth-order valence-electron chi connectivity index (χ4n) is 4.16. The van der Waals surface area contributed by atoms with Crippen molar-refractivity contribution in [2.45, 2.75) is 46.2 Å². The average molecular weight is 472 g/mol. The highest BCUT2D eigenvalue weighted by molar-refractivity contribution is 5.79. The van der Waals surface area contributed by atoms with E-state index >= 15 is 0 Å². The molecule has 1 N–H and O–H groups in total. The van der Waals surface area contributed by atoms with Crippen molar-refractivity contribution < 1.29 is 14.3 Å². The molecular formula is C29H33N3O3. The van der Waals surface area contributed by atoms with Crippen LogP contribution in [0.25, 0.3) is 11.0 Å². The van der Waals surface area contributed by atoms with Gasteiger partial charge >= 0.3 is 0 Å². The maximum atomic E-state index is 12.7. The van der Waals surface area contributed by atoms with Crippen LogP contribution in [0.2, 0.25) is 0 Å². The summed E-state index contributed by atoms with van der Waals surface area (Å²) in [5.74, 6) is 2.47. The first-order chi connectivity index (χ1) is 16.9. The van der Waals surface area contributed by atoms with Gasteiger partial charge in [-0.2, -0.15) is 0 Å². The molecule has 4 aromatic rings. The minimum Gasteiger partial charge on any atom is -0.497 e. The minimum absolute atomic E-state index is 0.0423. The summed E-state index contributed by atoms with van der Waals surface area (Å²) in [7, 11) is 1.63. The average Bonchev–Trinajstić information content (AvgIpc) is 3.23. The number of fused-ring (bicyclic) bond motifs is 1. The monoisotopic (exact) mass is 471 g/mol. The first kappa shape index (κ1) is 24.3. The van der Waals surface area contributed by atoms with Gasteiger partial charge in [-0.15, -0.1) is 0 Å². The number of methoxy groups -OCH3 is 1. The van der Waals surface area contributed by atoms with Crippen molar-refractivity contribution >= 4 is 16.9 Å². The van der Waals surface area contributed by atoms with Gasteiger partial charge in [0.05, 0.1) is 37.2 Å². The van der Waals surface area contributed by atoms with Gasteiger partial charge in [0.1, 0.15) is 17.3 Å². The van der Waals surface area contributed by atoms with Crippen LogP contribution in [-0.4, -0.2) is 29.2 Å². The number of aromatic nitrogens is 2. The molecule has 0 saturated carbocycles. The molecule has 182 valence electrons. The second-order valence-electron chi connectivity index (χ2n) is 8.87. The van der Waals surface area contributed by atoms with E-state index in [1.807, 2.05) is 55.5 Å². The van der Waals surface area contributed by atoms with Crippen LogP contribution in [-0.2, 0) is 17.8 Å². The summed E-state index contributed by atoms with van der Waals surface area (Å²) < 4.78 is 13.4. The van der Waals surface area contributed by atoms with E-state index in [-0.39, 0.29) is 11.9 Å². The molecule has 3 aromatic carbocycles. The molecule has 1 heterocycles. The number of nitrogens with zero attached hydrogens (tertiary/aromatic N) is 2. The number of amides is 1. The van der Waals surface area contributed by atoms with E-state index < -0.39 is 0 Å². The van der Waals surface area contributed by atoms with Gasteiger partial charge in [0.2, 0.25) is 5.91 Å². The van der Waals surface area contributed by atoms with Crippen LogP contribution in [0.3, 0.4) is 0 Å². The maximum Gasteiger partial charge on any atom is 0.224 e. The summed E-state index contributed by atoms with van der Waals surface area (Å²) in [4.78, 5) is 17.6. The Balaban J connectivity index is 1.42. The second-order valence-corrected chi connectivity index (χ2v) is 8.87. The molecule has 35 heavy (non-hydrogen) atoms. The molecule has 0 aliphatic heterocycles. The Morgan fingerprint density at radius 1 is 1.00 bits per heavy atom. The van der Waals surface area contributed by atoms with Gasteiger partial charge in [-0.05, 0) is 80.3 Å². The standard InChI is InChI=1S/C29H33N3O3/c1-20-10-13-25(18-21(20)2)35-17-7-16-32-27-9-6-5-8-26(27)31-29(32)22(3)30-28(33)19-23-11-14-24(34-4)15-12-23/h5-6,8-15,18,22H,7,16-17,19H2,1-4H3,(H,30,33). The van der Waals surface area contributed by atoms with Crippen molar-refractivity contribution in [2.75, 3.05) is 13.7 Å². The molecule has 1 unspecified atom stereocenters. The number of hydrogen-bond acceptors (Lipinski definition) is 4. The van der Waals surface area contributed by atoms with E-state index in [0.29, 0.717) is 13.0 Å². The molecule has 0 saturated heterocycles. The van der Waals surface area contributed by atoms with Crippen molar-refractivity contribution in [2.24, 2.45) is 0 Å². The zero-order valence-corrected chi connectivity index (χ0v) is 20.9. The number of benzene rings is 3.